The van der Waals surface area contributed by atoms with Gasteiger partial charge in [0.25, 0.3) is 0 Å². The zero-order valence-corrected chi connectivity index (χ0v) is 10.5. The highest BCUT2D eigenvalue weighted by molar-refractivity contribution is 6.06. The van der Waals surface area contributed by atoms with E-state index >= 15 is 0 Å². The molecule has 0 saturated carbocycles. The molecule has 0 heterocycles. The third kappa shape index (κ3) is 4.00. The fourth-order valence-electron chi connectivity index (χ4n) is 1.59. The van der Waals surface area contributed by atoms with Crippen LogP contribution < -0.4 is 23.4 Å². The Hall–Kier alpha value is -2.52. The summed E-state index contributed by atoms with van der Waals surface area (Å²) in [5.74, 6) is 13.5. The molecular weight excluding hydrogens is 264 g/mol. The summed E-state index contributed by atoms with van der Waals surface area (Å²) in [6, 6.07) is 9.78. The number of carboxylic acid groups (broad SMARTS) is 2. The van der Waals surface area contributed by atoms with E-state index in [4.69, 9.17) is 10.2 Å². The Morgan fingerprint density at radius 3 is 1.30 bits per heavy atom. The van der Waals surface area contributed by atoms with E-state index in [0.29, 0.717) is 10.8 Å². The maximum atomic E-state index is 10.9. The molecule has 2 rings (SSSR count). The second-order valence-corrected chi connectivity index (χ2v) is 3.36. The number of hydrogen-bond acceptors (Lipinski definition) is 6. The van der Waals surface area contributed by atoms with Gasteiger partial charge in [0, 0.05) is 0 Å². The summed E-state index contributed by atoms with van der Waals surface area (Å²) < 4.78 is 0. The molecule has 0 saturated heterocycles. The Kier molecular flexibility index (Phi) is 7.48. The van der Waals surface area contributed by atoms with E-state index < -0.39 is 11.9 Å². The maximum absolute atomic E-state index is 10.9. The summed E-state index contributed by atoms with van der Waals surface area (Å²) in [6.07, 6.45) is 0. The Balaban J connectivity index is 0.000000829. The van der Waals surface area contributed by atoms with Crippen LogP contribution in [0.3, 0.4) is 0 Å². The van der Waals surface area contributed by atoms with Crippen LogP contribution in [0.25, 0.3) is 10.8 Å². The van der Waals surface area contributed by atoms with Crippen LogP contribution in [0.2, 0.25) is 0 Å². The molecule has 0 spiro atoms. The quantitative estimate of drug-likeness (QED) is 0.325. The van der Waals surface area contributed by atoms with Gasteiger partial charge in [0.1, 0.15) is 0 Å². The lowest BCUT2D eigenvalue weighted by Gasteiger charge is -2.04. The summed E-state index contributed by atoms with van der Waals surface area (Å²) in [6.45, 7) is 0. The van der Waals surface area contributed by atoms with Crippen molar-refractivity contribution >= 4 is 22.7 Å². The number of rotatable bonds is 2. The molecule has 0 unspecified atom stereocenters. The number of hydrazine groups is 2. The lowest BCUT2D eigenvalue weighted by atomic mass is 10.0. The first-order chi connectivity index (χ1) is 9.59. The first-order valence-corrected chi connectivity index (χ1v) is 5.25. The Morgan fingerprint density at radius 1 is 0.750 bits per heavy atom. The van der Waals surface area contributed by atoms with Crippen LogP contribution in [0.4, 0.5) is 0 Å². The van der Waals surface area contributed by atoms with Crippen LogP contribution in [0, 0.1) is 0 Å². The highest BCUT2D eigenvalue weighted by atomic mass is 16.4. The number of benzene rings is 2. The van der Waals surface area contributed by atoms with Gasteiger partial charge >= 0.3 is 11.9 Å². The Labute approximate surface area is 114 Å². The molecule has 2 aromatic rings. The average molecular weight is 280 g/mol. The molecule has 0 aliphatic heterocycles. The molecule has 8 heteroatoms. The van der Waals surface area contributed by atoms with Gasteiger partial charge in [0.05, 0.1) is 11.1 Å². The van der Waals surface area contributed by atoms with Gasteiger partial charge in [-0.2, -0.15) is 0 Å². The molecular formula is C12H16N4O4. The van der Waals surface area contributed by atoms with Gasteiger partial charge in [0.15, 0.2) is 0 Å². The SMILES string of the molecule is NN.NN.O=C(O)c1cc2ccccc2cc1C(=O)O. The average Bonchev–Trinajstić information content (AvgIpc) is 2.49. The molecule has 0 aliphatic carbocycles. The van der Waals surface area contributed by atoms with Gasteiger partial charge in [-0.25, -0.2) is 9.59 Å². The third-order valence-electron chi connectivity index (χ3n) is 2.35. The summed E-state index contributed by atoms with van der Waals surface area (Å²) in [5.41, 5.74) is -0.377. The van der Waals surface area contributed by atoms with E-state index in [-0.39, 0.29) is 11.1 Å². The van der Waals surface area contributed by atoms with Crippen LogP contribution in [-0.2, 0) is 0 Å². The Morgan fingerprint density at radius 2 is 1.05 bits per heavy atom. The zero-order valence-electron chi connectivity index (χ0n) is 10.5. The predicted octanol–water partition coefficient (Wildman–Crippen LogP) is -0.126. The summed E-state index contributed by atoms with van der Waals surface area (Å²) >= 11 is 0. The van der Waals surface area contributed by atoms with Gasteiger partial charge in [0.2, 0.25) is 0 Å². The van der Waals surface area contributed by atoms with Gasteiger partial charge in [-0.05, 0) is 22.9 Å². The minimum atomic E-state index is -1.23. The molecule has 0 atom stereocenters. The largest absolute Gasteiger partial charge is 0.478 e. The molecule has 0 fully saturated rings. The Bertz CT molecular complexity index is 549. The van der Waals surface area contributed by atoms with Crippen LogP contribution in [0.1, 0.15) is 20.7 Å². The van der Waals surface area contributed by atoms with Gasteiger partial charge in [-0.3, -0.25) is 23.4 Å². The van der Waals surface area contributed by atoms with Crippen molar-refractivity contribution in [2.24, 2.45) is 23.4 Å². The maximum Gasteiger partial charge on any atom is 0.336 e. The van der Waals surface area contributed by atoms with Crippen molar-refractivity contribution in [1.29, 1.82) is 0 Å². The van der Waals surface area contributed by atoms with E-state index in [2.05, 4.69) is 23.4 Å². The van der Waals surface area contributed by atoms with Crippen molar-refractivity contribution in [3.8, 4) is 0 Å². The van der Waals surface area contributed by atoms with Crippen LogP contribution >= 0.6 is 0 Å². The number of carbonyl (C=O) groups is 2. The summed E-state index contributed by atoms with van der Waals surface area (Å²) in [5, 5.41) is 19.2. The minimum absolute atomic E-state index is 0.189. The number of hydrogen-bond donors (Lipinski definition) is 6. The van der Waals surface area contributed by atoms with Crippen molar-refractivity contribution in [3.05, 3.63) is 47.5 Å². The van der Waals surface area contributed by atoms with Crippen molar-refractivity contribution in [1.82, 2.24) is 0 Å². The van der Waals surface area contributed by atoms with E-state index in [9.17, 15) is 9.59 Å². The fraction of sp³-hybridized carbons (Fsp3) is 0. The molecule has 0 aliphatic rings. The molecule has 10 N–H and O–H groups in total. The molecule has 20 heavy (non-hydrogen) atoms. The van der Waals surface area contributed by atoms with E-state index in [1.807, 2.05) is 0 Å². The van der Waals surface area contributed by atoms with E-state index in [0.717, 1.165) is 0 Å². The third-order valence-corrected chi connectivity index (χ3v) is 2.35. The second-order valence-electron chi connectivity index (χ2n) is 3.36. The standard InChI is InChI=1S/C12H8O4.2H4N2/c13-11(14)9-5-7-3-1-2-4-8(7)6-10(9)12(15)16;2*1-2/h1-6H,(H,13,14)(H,15,16);2*1-2H2. The van der Waals surface area contributed by atoms with E-state index in [1.54, 1.807) is 24.3 Å². The van der Waals surface area contributed by atoms with Crippen LogP contribution in [-0.4, -0.2) is 22.2 Å². The molecule has 108 valence electrons. The molecule has 0 amide bonds. The van der Waals surface area contributed by atoms with E-state index in [1.165, 1.54) is 12.1 Å². The fourth-order valence-corrected chi connectivity index (χ4v) is 1.59. The highest BCUT2D eigenvalue weighted by Gasteiger charge is 2.16. The first-order valence-electron chi connectivity index (χ1n) is 5.25. The minimum Gasteiger partial charge on any atom is -0.478 e. The van der Waals surface area contributed by atoms with Crippen LogP contribution in [0.5, 0.6) is 0 Å². The van der Waals surface area contributed by atoms with Crippen molar-refractivity contribution in [2.45, 2.75) is 0 Å². The smallest absolute Gasteiger partial charge is 0.336 e. The molecule has 0 bridgehead atoms. The lowest BCUT2D eigenvalue weighted by Crippen LogP contribution is -2.07. The lowest BCUT2D eigenvalue weighted by molar-refractivity contribution is 0.0652. The van der Waals surface area contributed by atoms with Crippen molar-refractivity contribution in [3.63, 3.8) is 0 Å². The topological polar surface area (TPSA) is 179 Å². The molecule has 0 aromatic heterocycles. The van der Waals surface area contributed by atoms with Crippen LogP contribution in [0.15, 0.2) is 36.4 Å². The predicted molar refractivity (Wildman–Crippen MR) is 74.6 cm³/mol. The molecule has 0 radical (unpaired) electrons. The number of fused-ring (bicyclic) bond motifs is 1. The van der Waals surface area contributed by atoms with Gasteiger partial charge in [-0.15, -0.1) is 0 Å². The second kappa shape index (κ2) is 8.56. The monoisotopic (exact) mass is 280 g/mol. The van der Waals surface area contributed by atoms with Crippen molar-refractivity contribution < 1.29 is 19.8 Å². The normalized spacial score (nSPS) is 8.80. The van der Waals surface area contributed by atoms with Gasteiger partial charge in [-0.1, -0.05) is 24.3 Å². The highest BCUT2D eigenvalue weighted by Crippen LogP contribution is 2.20. The molecule has 8 nitrogen and oxygen atoms in total. The molecule has 2 aromatic carbocycles. The number of nitrogens with two attached hydrogens (primary N) is 4. The summed E-state index contributed by atoms with van der Waals surface area (Å²) in [7, 11) is 0. The first kappa shape index (κ1) is 17.5. The number of carboxylic acids is 2. The summed E-state index contributed by atoms with van der Waals surface area (Å²) in [4.78, 5) is 21.8. The zero-order chi connectivity index (χ0) is 15.7. The van der Waals surface area contributed by atoms with Gasteiger partial charge < -0.3 is 10.2 Å². The van der Waals surface area contributed by atoms with Crippen molar-refractivity contribution in [2.75, 3.05) is 0 Å². The number of aromatic carboxylic acids is 2.